The fourth-order valence-corrected chi connectivity index (χ4v) is 4.67. The third kappa shape index (κ3) is 3.21. The molecule has 0 bridgehead atoms. The SMILES string of the molecule is O=C1NC(C(=O)N2CCc3ccccc32)CSC1Cc1ccccc1F. The first-order valence-electron chi connectivity index (χ1n) is 8.68. The van der Waals surface area contributed by atoms with Crippen molar-refractivity contribution in [3.8, 4) is 0 Å². The van der Waals surface area contributed by atoms with Gasteiger partial charge in [0, 0.05) is 18.0 Å². The van der Waals surface area contributed by atoms with E-state index in [1.165, 1.54) is 17.8 Å². The Labute approximate surface area is 155 Å². The van der Waals surface area contributed by atoms with E-state index in [2.05, 4.69) is 5.32 Å². The molecule has 0 aliphatic carbocycles. The Morgan fingerprint density at radius 3 is 2.77 bits per heavy atom. The zero-order chi connectivity index (χ0) is 18.1. The predicted octanol–water partition coefficient (Wildman–Crippen LogP) is 2.56. The third-order valence-corrected chi connectivity index (χ3v) is 6.20. The van der Waals surface area contributed by atoms with Gasteiger partial charge in [0.2, 0.25) is 11.8 Å². The van der Waals surface area contributed by atoms with Crippen LogP contribution in [0.1, 0.15) is 11.1 Å². The highest BCUT2D eigenvalue weighted by molar-refractivity contribution is 8.00. The van der Waals surface area contributed by atoms with Gasteiger partial charge in [-0.1, -0.05) is 36.4 Å². The lowest BCUT2D eigenvalue weighted by molar-refractivity contribution is -0.127. The first-order valence-corrected chi connectivity index (χ1v) is 9.73. The number of anilines is 1. The minimum atomic E-state index is -0.532. The molecule has 2 atom stereocenters. The van der Waals surface area contributed by atoms with Gasteiger partial charge in [-0.25, -0.2) is 4.39 Å². The Balaban J connectivity index is 1.42. The van der Waals surface area contributed by atoms with Crippen molar-refractivity contribution in [1.82, 2.24) is 5.32 Å². The van der Waals surface area contributed by atoms with Gasteiger partial charge in [0.15, 0.2) is 0 Å². The molecule has 2 heterocycles. The van der Waals surface area contributed by atoms with Crippen LogP contribution in [0.15, 0.2) is 48.5 Å². The fraction of sp³-hybridized carbons (Fsp3) is 0.300. The highest BCUT2D eigenvalue weighted by Gasteiger charge is 2.36. The van der Waals surface area contributed by atoms with Gasteiger partial charge in [-0.15, -0.1) is 11.8 Å². The number of nitrogens with zero attached hydrogens (tertiary/aromatic N) is 1. The van der Waals surface area contributed by atoms with Gasteiger partial charge < -0.3 is 10.2 Å². The molecule has 1 fully saturated rings. The zero-order valence-corrected chi connectivity index (χ0v) is 15.0. The summed E-state index contributed by atoms with van der Waals surface area (Å²) in [5.41, 5.74) is 2.62. The molecule has 2 aromatic rings. The van der Waals surface area contributed by atoms with Crippen LogP contribution in [0.5, 0.6) is 0 Å². The van der Waals surface area contributed by atoms with E-state index in [1.807, 2.05) is 24.3 Å². The maximum Gasteiger partial charge on any atom is 0.250 e. The summed E-state index contributed by atoms with van der Waals surface area (Å²) in [6.45, 7) is 0.647. The second-order valence-electron chi connectivity index (χ2n) is 6.55. The largest absolute Gasteiger partial charge is 0.343 e. The maximum absolute atomic E-state index is 13.8. The van der Waals surface area contributed by atoms with E-state index in [9.17, 15) is 14.0 Å². The van der Waals surface area contributed by atoms with Gasteiger partial charge in [-0.2, -0.15) is 0 Å². The van der Waals surface area contributed by atoms with Crippen molar-refractivity contribution in [2.45, 2.75) is 24.1 Å². The lowest BCUT2D eigenvalue weighted by Crippen LogP contribution is -2.55. The number of carbonyl (C=O) groups excluding carboxylic acids is 2. The molecule has 0 spiro atoms. The maximum atomic E-state index is 13.8. The normalized spacial score (nSPS) is 22.0. The molecule has 2 unspecified atom stereocenters. The molecule has 0 radical (unpaired) electrons. The molecule has 1 saturated heterocycles. The lowest BCUT2D eigenvalue weighted by atomic mass is 10.1. The number of para-hydroxylation sites is 1. The van der Waals surface area contributed by atoms with Crippen molar-refractivity contribution in [3.63, 3.8) is 0 Å². The van der Waals surface area contributed by atoms with Crippen molar-refractivity contribution < 1.29 is 14.0 Å². The summed E-state index contributed by atoms with van der Waals surface area (Å²) in [6.07, 6.45) is 1.17. The molecule has 0 aromatic heterocycles. The number of halogens is 1. The highest BCUT2D eigenvalue weighted by atomic mass is 32.2. The molecule has 26 heavy (non-hydrogen) atoms. The van der Waals surface area contributed by atoms with Crippen LogP contribution in [0.3, 0.4) is 0 Å². The third-order valence-electron chi connectivity index (χ3n) is 4.89. The smallest absolute Gasteiger partial charge is 0.250 e. The van der Waals surface area contributed by atoms with Crippen molar-refractivity contribution in [2.24, 2.45) is 0 Å². The summed E-state index contributed by atoms with van der Waals surface area (Å²) in [5, 5.41) is 2.47. The van der Waals surface area contributed by atoms with Crippen molar-refractivity contribution >= 4 is 29.3 Å². The van der Waals surface area contributed by atoms with Crippen molar-refractivity contribution in [1.29, 1.82) is 0 Å². The van der Waals surface area contributed by atoms with E-state index >= 15 is 0 Å². The Bertz CT molecular complexity index is 857. The molecular formula is C20H19FN2O2S. The van der Waals surface area contributed by atoms with E-state index < -0.39 is 6.04 Å². The van der Waals surface area contributed by atoms with Crippen molar-refractivity contribution in [2.75, 3.05) is 17.2 Å². The number of fused-ring (bicyclic) bond motifs is 1. The minimum Gasteiger partial charge on any atom is -0.343 e. The number of hydrogen-bond donors (Lipinski definition) is 1. The number of benzene rings is 2. The molecule has 1 N–H and O–H groups in total. The predicted molar refractivity (Wildman–Crippen MR) is 101 cm³/mol. The summed E-state index contributed by atoms with van der Waals surface area (Å²) in [6, 6.07) is 13.8. The Kier molecular flexibility index (Phi) is 4.68. The summed E-state index contributed by atoms with van der Waals surface area (Å²) in [7, 11) is 0. The van der Waals surface area contributed by atoms with Gasteiger partial charge in [-0.3, -0.25) is 9.59 Å². The molecule has 6 heteroatoms. The standard InChI is InChI=1S/C20H19FN2O2S/c21-15-7-3-1-6-14(15)11-18-19(24)22-16(12-26-18)20(25)23-10-9-13-5-2-4-8-17(13)23/h1-8,16,18H,9-12H2,(H,22,24). The molecule has 4 rings (SSSR count). The number of rotatable bonds is 3. The van der Waals surface area contributed by atoms with Crippen LogP contribution in [-0.2, 0) is 22.4 Å². The molecule has 0 saturated carbocycles. The second-order valence-corrected chi connectivity index (χ2v) is 7.78. The van der Waals surface area contributed by atoms with E-state index in [4.69, 9.17) is 0 Å². The summed E-state index contributed by atoms with van der Waals surface area (Å²) in [4.78, 5) is 27.1. The van der Waals surface area contributed by atoms with Crippen LogP contribution in [0.25, 0.3) is 0 Å². The number of nitrogens with one attached hydrogen (secondary N) is 1. The lowest BCUT2D eigenvalue weighted by Gasteiger charge is -2.31. The fourth-order valence-electron chi connectivity index (χ4n) is 3.50. The van der Waals surface area contributed by atoms with E-state index in [1.54, 1.807) is 23.1 Å². The average molecular weight is 370 g/mol. The van der Waals surface area contributed by atoms with Gasteiger partial charge in [0.1, 0.15) is 11.9 Å². The molecule has 2 aromatic carbocycles. The summed E-state index contributed by atoms with van der Waals surface area (Å²) < 4.78 is 13.8. The molecule has 2 aliphatic heterocycles. The quantitative estimate of drug-likeness (QED) is 0.903. The summed E-state index contributed by atoms with van der Waals surface area (Å²) >= 11 is 1.43. The Morgan fingerprint density at radius 2 is 1.96 bits per heavy atom. The van der Waals surface area contributed by atoms with Crippen LogP contribution in [-0.4, -0.2) is 35.4 Å². The number of amides is 2. The van der Waals surface area contributed by atoms with Crippen LogP contribution in [0.2, 0.25) is 0 Å². The molecular weight excluding hydrogens is 351 g/mol. The van der Waals surface area contributed by atoms with Gasteiger partial charge in [0.05, 0.1) is 5.25 Å². The van der Waals surface area contributed by atoms with Crippen molar-refractivity contribution in [3.05, 3.63) is 65.5 Å². The first-order chi connectivity index (χ1) is 12.6. The van der Waals surface area contributed by atoms with E-state index in [-0.39, 0.29) is 22.9 Å². The molecule has 134 valence electrons. The van der Waals surface area contributed by atoms with Gasteiger partial charge >= 0.3 is 0 Å². The van der Waals surface area contributed by atoms with Crippen LogP contribution in [0, 0.1) is 5.82 Å². The second kappa shape index (κ2) is 7.11. The average Bonchev–Trinajstić information content (AvgIpc) is 3.08. The topological polar surface area (TPSA) is 49.4 Å². The van der Waals surface area contributed by atoms with Gasteiger partial charge in [0.25, 0.3) is 0 Å². The summed E-state index contributed by atoms with van der Waals surface area (Å²) in [5.74, 6) is -0.0641. The minimum absolute atomic E-state index is 0.0693. The van der Waals surface area contributed by atoms with Gasteiger partial charge in [-0.05, 0) is 36.1 Å². The number of hydrogen-bond acceptors (Lipinski definition) is 3. The van der Waals surface area contributed by atoms with Crippen LogP contribution in [0.4, 0.5) is 10.1 Å². The number of carbonyl (C=O) groups is 2. The van der Waals surface area contributed by atoms with Crippen LogP contribution < -0.4 is 10.2 Å². The van der Waals surface area contributed by atoms with E-state index in [0.717, 1.165) is 17.7 Å². The molecule has 2 aliphatic rings. The zero-order valence-electron chi connectivity index (χ0n) is 14.2. The Morgan fingerprint density at radius 1 is 1.19 bits per heavy atom. The molecule has 4 nitrogen and oxygen atoms in total. The number of thioether (sulfide) groups is 1. The Hall–Kier alpha value is -2.34. The first kappa shape index (κ1) is 17.1. The van der Waals surface area contributed by atoms with E-state index in [0.29, 0.717) is 24.3 Å². The van der Waals surface area contributed by atoms with Crippen LogP contribution >= 0.6 is 11.8 Å². The highest BCUT2D eigenvalue weighted by Crippen LogP contribution is 2.30. The molecule has 2 amide bonds. The monoisotopic (exact) mass is 370 g/mol.